The molecule has 3 nitrogen and oxygen atoms in total. The monoisotopic (exact) mass is 235 g/mol. The molecular weight excluding hydrogens is 225 g/mol. The maximum Gasteiger partial charge on any atom is 0.131 e. The number of nitrogen functional groups attached to an aromatic ring is 1. The summed E-state index contributed by atoms with van der Waals surface area (Å²) in [6.45, 7) is 0. The smallest absolute Gasteiger partial charge is 0.131 e. The van der Waals surface area contributed by atoms with Crippen LogP contribution in [-0.2, 0) is 11.5 Å². The van der Waals surface area contributed by atoms with E-state index < -0.39 is 0 Å². The van der Waals surface area contributed by atoms with E-state index in [1.807, 2.05) is 0 Å². The van der Waals surface area contributed by atoms with Crippen LogP contribution >= 0.6 is 11.8 Å². The molecule has 16 heavy (non-hydrogen) atoms. The number of aromatic nitrogens is 2. The Bertz CT molecular complexity index is 550. The van der Waals surface area contributed by atoms with Crippen LogP contribution in [0.1, 0.15) is 11.3 Å². The van der Waals surface area contributed by atoms with Crippen molar-refractivity contribution in [2.75, 3.05) is 5.73 Å². The SMILES string of the molecule is Nc1c2c(nn1-c1cccc(F)c1)CSC2. The highest BCUT2D eigenvalue weighted by molar-refractivity contribution is 7.98. The first-order valence-corrected chi connectivity index (χ1v) is 6.11. The predicted molar refractivity (Wildman–Crippen MR) is 62.9 cm³/mol. The molecule has 0 spiro atoms. The third kappa shape index (κ3) is 1.39. The number of fused-ring (bicyclic) bond motifs is 1. The molecule has 0 saturated heterocycles. The maximum atomic E-state index is 13.1. The van der Waals surface area contributed by atoms with Gasteiger partial charge in [0, 0.05) is 17.1 Å². The molecule has 2 heterocycles. The Morgan fingerprint density at radius 2 is 2.25 bits per heavy atom. The van der Waals surface area contributed by atoms with Crippen LogP contribution in [0, 0.1) is 5.82 Å². The second-order valence-corrected chi connectivity index (χ2v) is 4.68. The van der Waals surface area contributed by atoms with Crippen LogP contribution in [-0.4, -0.2) is 9.78 Å². The van der Waals surface area contributed by atoms with Gasteiger partial charge in [-0.2, -0.15) is 16.9 Å². The Hall–Kier alpha value is -1.49. The summed E-state index contributed by atoms with van der Waals surface area (Å²) in [6.07, 6.45) is 0. The first kappa shape index (κ1) is 9.72. The minimum absolute atomic E-state index is 0.276. The van der Waals surface area contributed by atoms with Gasteiger partial charge < -0.3 is 5.73 Å². The van der Waals surface area contributed by atoms with Gasteiger partial charge in [-0.3, -0.25) is 0 Å². The number of thioether (sulfide) groups is 1. The highest BCUT2D eigenvalue weighted by Gasteiger charge is 2.21. The number of hydrogen-bond donors (Lipinski definition) is 1. The molecular formula is C11H10FN3S. The molecule has 1 aliphatic rings. The zero-order valence-electron chi connectivity index (χ0n) is 8.48. The van der Waals surface area contributed by atoms with Gasteiger partial charge in [0.2, 0.25) is 0 Å². The van der Waals surface area contributed by atoms with Crippen LogP contribution in [0.2, 0.25) is 0 Å². The molecule has 0 aliphatic carbocycles. The fourth-order valence-corrected chi connectivity index (χ4v) is 2.88. The van der Waals surface area contributed by atoms with Crippen molar-refractivity contribution in [3.8, 4) is 5.69 Å². The molecule has 2 N–H and O–H groups in total. The van der Waals surface area contributed by atoms with Crippen molar-refractivity contribution in [3.05, 3.63) is 41.3 Å². The van der Waals surface area contributed by atoms with Gasteiger partial charge in [0.25, 0.3) is 0 Å². The molecule has 0 fully saturated rings. The number of nitrogens with two attached hydrogens (primary N) is 1. The quantitative estimate of drug-likeness (QED) is 0.825. The average Bonchev–Trinajstić information content (AvgIpc) is 2.82. The summed E-state index contributed by atoms with van der Waals surface area (Å²) in [7, 11) is 0. The molecule has 1 aromatic carbocycles. The number of anilines is 1. The predicted octanol–water partition coefficient (Wildman–Crippen LogP) is 2.34. The summed E-state index contributed by atoms with van der Waals surface area (Å²) in [5.41, 5.74) is 8.79. The van der Waals surface area contributed by atoms with Crippen LogP contribution < -0.4 is 5.73 Å². The molecule has 82 valence electrons. The van der Waals surface area contributed by atoms with E-state index in [2.05, 4.69) is 5.10 Å². The molecule has 0 unspecified atom stereocenters. The Morgan fingerprint density at radius 1 is 1.38 bits per heavy atom. The van der Waals surface area contributed by atoms with Crippen LogP contribution in [0.5, 0.6) is 0 Å². The van der Waals surface area contributed by atoms with Crippen LogP contribution in [0.3, 0.4) is 0 Å². The van der Waals surface area contributed by atoms with Crippen molar-refractivity contribution in [2.24, 2.45) is 0 Å². The van der Waals surface area contributed by atoms with Crippen molar-refractivity contribution >= 4 is 17.6 Å². The molecule has 1 aromatic heterocycles. The number of halogens is 1. The van der Waals surface area contributed by atoms with Gasteiger partial charge in [0.15, 0.2) is 0 Å². The average molecular weight is 235 g/mol. The molecule has 0 radical (unpaired) electrons. The van der Waals surface area contributed by atoms with E-state index in [-0.39, 0.29) is 5.82 Å². The van der Waals surface area contributed by atoms with Gasteiger partial charge in [-0.1, -0.05) is 6.07 Å². The van der Waals surface area contributed by atoms with E-state index in [4.69, 9.17) is 5.73 Å². The maximum absolute atomic E-state index is 13.1. The van der Waals surface area contributed by atoms with Crippen molar-refractivity contribution in [2.45, 2.75) is 11.5 Å². The second-order valence-electron chi connectivity index (χ2n) is 3.69. The molecule has 0 saturated carbocycles. The summed E-state index contributed by atoms with van der Waals surface area (Å²) >= 11 is 1.80. The Balaban J connectivity index is 2.14. The first-order valence-electron chi connectivity index (χ1n) is 4.95. The fourth-order valence-electron chi connectivity index (χ4n) is 1.84. The van der Waals surface area contributed by atoms with E-state index >= 15 is 0 Å². The lowest BCUT2D eigenvalue weighted by Crippen LogP contribution is -2.03. The van der Waals surface area contributed by atoms with E-state index in [9.17, 15) is 4.39 Å². The van der Waals surface area contributed by atoms with Crippen molar-refractivity contribution in [1.82, 2.24) is 9.78 Å². The van der Waals surface area contributed by atoms with Gasteiger partial charge in [-0.25, -0.2) is 9.07 Å². The summed E-state index contributed by atoms with van der Waals surface area (Å²) < 4.78 is 14.7. The summed E-state index contributed by atoms with van der Waals surface area (Å²) in [4.78, 5) is 0. The lowest BCUT2D eigenvalue weighted by atomic mass is 10.3. The first-order chi connectivity index (χ1) is 7.75. The number of nitrogens with zero attached hydrogens (tertiary/aromatic N) is 2. The van der Waals surface area contributed by atoms with Gasteiger partial charge in [0.05, 0.1) is 11.4 Å². The second kappa shape index (κ2) is 3.52. The summed E-state index contributed by atoms with van der Waals surface area (Å²) in [5, 5.41) is 4.41. The topological polar surface area (TPSA) is 43.8 Å². The summed E-state index contributed by atoms with van der Waals surface area (Å²) in [5.74, 6) is 2.14. The van der Waals surface area contributed by atoms with Gasteiger partial charge in [-0.05, 0) is 18.2 Å². The molecule has 5 heteroatoms. The zero-order chi connectivity index (χ0) is 11.1. The largest absolute Gasteiger partial charge is 0.383 e. The standard InChI is InChI=1S/C11H10FN3S/c12-7-2-1-3-8(4-7)15-11(13)9-5-16-6-10(9)14-15/h1-4H,5-6,13H2. The van der Waals surface area contributed by atoms with Crippen LogP contribution in [0.25, 0.3) is 5.69 Å². The molecule has 3 rings (SSSR count). The molecule has 1 aliphatic heterocycles. The molecule has 2 aromatic rings. The minimum Gasteiger partial charge on any atom is -0.383 e. The third-order valence-electron chi connectivity index (χ3n) is 2.64. The zero-order valence-corrected chi connectivity index (χ0v) is 9.30. The number of hydrogen-bond acceptors (Lipinski definition) is 3. The molecule has 0 atom stereocenters. The highest BCUT2D eigenvalue weighted by atomic mass is 32.2. The lowest BCUT2D eigenvalue weighted by Gasteiger charge is -2.04. The minimum atomic E-state index is -0.276. The highest BCUT2D eigenvalue weighted by Crippen LogP contribution is 2.34. The van der Waals surface area contributed by atoms with Crippen LogP contribution in [0.15, 0.2) is 24.3 Å². The van der Waals surface area contributed by atoms with E-state index in [1.54, 1.807) is 28.6 Å². The van der Waals surface area contributed by atoms with Crippen molar-refractivity contribution in [3.63, 3.8) is 0 Å². The van der Waals surface area contributed by atoms with E-state index in [0.717, 1.165) is 22.8 Å². The van der Waals surface area contributed by atoms with Gasteiger partial charge in [-0.15, -0.1) is 0 Å². The number of rotatable bonds is 1. The molecule has 0 amide bonds. The van der Waals surface area contributed by atoms with Crippen molar-refractivity contribution in [1.29, 1.82) is 0 Å². The van der Waals surface area contributed by atoms with E-state index in [1.165, 1.54) is 12.1 Å². The fraction of sp³-hybridized carbons (Fsp3) is 0.182. The normalized spacial score (nSPS) is 14.1. The third-order valence-corrected chi connectivity index (χ3v) is 3.61. The number of benzene rings is 1. The van der Waals surface area contributed by atoms with Gasteiger partial charge >= 0.3 is 0 Å². The summed E-state index contributed by atoms with van der Waals surface area (Å²) in [6, 6.07) is 6.30. The lowest BCUT2D eigenvalue weighted by molar-refractivity contribution is 0.625. The molecule has 0 bridgehead atoms. The van der Waals surface area contributed by atoms with Gasteiger partial charge in [0.1, 0.15) is 11.6 Å². The Labute approximate surface area is 96.4 Å². The Morgan fingerprint density at radius 3 is 3.00 bits per heavy atom. The van der Waals surface area contributed by atoms with E-state index in [0.29, 0.717) is 11.5 Å². The van der Waals surface area contributed by atoms with Crippen molar-refractivity contribution < 1.29 is 4.39 Å². The van der Waals surface area contributed by atoms with Crippen LogP contribution in [0.4, 0.5) is 10.2 Å². The Kier molecular flexibility index (Phi) is 2.14.